The van der Waals surface area contributed by atoms with Gasteiger partial charge in [0.1, 0.15) is 5.75 Å². The Hall–Kier alpha value is -3.77. The van der Waals surface area contributed by atoms with Crippen LogP contribution in [0, 0.1) is 0 Å². The van der Waals surface area contributed by atoms with Crippen molar-refractivity contribution in [2.75, 3.05) is 0 Å². The number of hydrogen-bond donors (Lipinski definition) is 1. The monoisotopic (exact) mass is 472 g/mol. The standard InChI is InChI=1S/C25H17BrN2O3/c26-22-13-7-6-12-20(22)24(29)28-27-16-21-19-11-5-4-8-17(19)14-15-23(21)31-25(30)18-9-2-1-3-10-18/h1-16H,(H,28,29). The second kappa shape index (κ2) is 9.36. The quantitative estimate of drug-likeness (QED) is 0.178. The van der Waals surface area contributed by atoms with Gasteiger partial charge >= 0.3 is 5.97 Å². The third kappa shape index (κ3) is 4.70. The molecule has 0 aromatic heterocycles. The van der Waals surface area contributed by atoms with Crippen molar-refractivity contribution in [1.82, 2.24) is 5.43 Å². The number of carbonyl (C=O) groups excluding carboxylic acids is 2. The summed E-state index contributed by atoms with van der Waals surface area (Å²) in [4.78, 5) is 25.0. The lowest BCUT2D eigenvalue weighted by Gasteiger charge is -2.10. The van der Waals surface area contributed by atoms with E-state index in [4.69, 9.17) is 4.74 Å². The van der Waals surface area contributed by atoms with Gasteiger partial charge in [0.2, 0.25) is 0 Å². The fourth-order valence-corrected chi connectivity index (χ4v) is 3.56. The van der Waals surface area contributed by atoms with E-state index in [2.05, 4.69) is 26.5 Å². The summed E-state index contributed by atoms with van der Waals surface area (Å²) in [5, 5.41) is 5.92. The van der Waals surface area contributed by atoms with Crippen LogP contribution in [0.1, 0.15) is 26.3 Å². The van der Waals surface area contributed by atoms with Crippen molar-refractivity contribution in [3.63, 3.8) is 0 Å². The minimum atomic E-state index is -0.470. The zero-order valence-corrected chi connectivity index (χ0v) is 17.9. The molecule has 0 aliphatic carbocycles. The minimum absolute atomic E-state index is 0.353. The van der Waals surface area contributed by atoms with Crippen molar-refractivity contribution < 1.29 is 14.3 Å². The number of nitrogens with one attached hydrogen (secondary N) is 1. The molecule has 6 heteroatoms. The summed E-state index contributed by atoms with van der Waals surface area (Å²) >= 11 is 3.36. The van der Waals surface area contributed by atoms with Gasteiger partial charge in [-0.05, 0) is 57.0 Å². The molecule has 1 amide bonds. The highest BCUT2D eigenvalue weighted by Gasteiger charge is 2.14. The number of benzene rings is 4. The lowest BCUT2D eigenvalue weighted by atomic mass is 10.0. The number of ether oxygens (including phenoxy) is 1. The molecule has 31 heavy (non-hydrogen) atoms. The van der Waals surface area contributed by atoms with Crippen LogP contribution in [0.4, 0.5) is 0 Å². The molecule has 0 atom stereocenters. The molecule has 4 rings (SSSR count). The van der Waals surface area contributed by atoms with Crippen molar-refractivity contribution in [3.8, 4) is 5.75 Å². The molecule has 0 aliphatic heterocycles. The van der Waals surface area contributed by atoms with E-state index in [0.29, 0.717) is 26.9 Å². The molecule has 0 bridgehead atoms. The number of amides is 1. The van der Waals surface area contributed by atoms with Gasteiger partial charge in [0, 0.05) is 10.0 Å². The molecule has 0 aliphatic rings. The van der Waals surface area contributed by atoms with E-state index in [0.717, 1.165) is 10.8 Å². The van der Waals surface area contributed by atoms with Gasteiger partial charge in [-0.25, -0.2) is 10.2 Å². The Morgan fingerprint density at radius 2 is 1.55 bits per heavy atom. The summed E-state index contributed by atoms with van der Waals surface area (Å²) in [7, 11) is 0. The van der Waals surface area contributed by atoms with Crippen molar-refractivity contribution >= 4 is 44.8 Å². The van der Waals surface area contributed by atoms with Crippen LogP contribution in [0.25, 0.3) is 10.8 Å². The van der Waals surface area contributed by atoms with Crippen molar-refractivity contribution in [3.05, 3.63) is 112 Å². The summed E-state index contributed by atoms with van der Waals surface area (Å²) in [5.41, 5.74) is 4.03. The van der Waals surface area contributed by atoms with Crippen LogP contribution in [0.15, 0.2) is 101 Å². The fourth-order valence-electron chi connectivity index (χ4n) is 3.09. The van der Waals surface area contributed by atoms with E-state index < -0.39 is 5.97 Å². The van der Waals surface area contributed by atoms with Crippen LogP contribution in [0.3, 0.4) is 0 Å². The summed E-state index contributed by atoms with van der Waals surface area (Å²) < 4.78 is 6.32. The van der Waals surface area contributed by atoms with Crippen molar-refractivity contribution in [2.24, 2.45) is 5.10 Å². The van der Waals surface area contributed by atoms with Gasteiger partial charge in [-0.3, -0.25) is 4.79 Å². The van der Waals surface area contributed by atoms with E-state index in [9.17, 15) is 9.59 Å². The van der Waals surface area contributed by atoms with Gasteiger partial charge in [0.05, 0.1) is 17.3 Å². The number of halogens is 1. The van der Waals surface area contributed by atoms with Crippen LogP contribution in [0.5, 0.6) is 5.75 Å². The van der Waals surface area contributed by atoms with Crippen LogP contribution in [-0.2, 0) is 0 Å². The molecule has 4 aromatic carbocycles. The van der Waals surface area contributed by atoms with Crippen LogP contribution >= 0.6 is 15.9 Å². The summed E-state index contributed by atoms with van der Waals surface area (Å²) in [6.07, 6.45) is 1.49. The summed E-state index contributed by atoms with van der Waals surface area (Å²) in [6.45, 7) is 0. The van der Waals surface area contributed by atoms with Gasteiger partial charge in [0.15, 0.2) is 0 Å². The van der Waals surface area contributed by atoms with Crippen molar-refractivity contribution in [2.45, 2.75) is 0 Å². The molecule has 4 aromatic rings. The molecule has 0 heterocycles. The Morgan fingerprint density at radius 3 is 2.35 bits per heavy atom. The largest absolute Gasteiger partial charge is 0.422 e. The van der Waals surface area contributed by atoms with E-state index in [-0.39, 0.29) is 5.91 Å². The fraction of sp³-hybridized carbons (Fsp3) is 0. The van der Waals surface area contributed by atoms with E-state index >= 15 is 0 Å². The average molecular weight is 473 g/mol. The average Bonchev–Trinajstić information content (AvgIpc) is 2.81. The Morgan fingerprint density at radius 1 is 0.839 bits per heavy atom. The van der Waals surface area contributed by atoms with Crippen LogP contribution in [-0.4, -0.2) is 18.1 Å². The van der Waals surface area contributed by atoms with Crippen LogP contribution < -0.4 is 10.2 Å². The lowest BCUT2D eigenvalue weighted by Crippen LogP contribution is -2.18. The SMILES string of the molecule is O=C(Oc1ccc2ccccc2c1C=NNC(=O)c1ccccc1Br)c1ccccc1. The van der Waals surface area contributed by atoms with Gasteiger partial charge < -0.3 is 4.74 Å². The Labute approximate surface area is 187 Å². The highest BCUT2D eigenvalue weighted by molar-refractivity contribution is 9.10. The van der Waals surface area contributed by atoms with E-state index in [1.165, 1.54) is 6.21 Å². The number of esters is 1. The van der Waals surface area contributed by atoms with Crippen molar-refractivity contribution in [1.29, 1.82) is 0 Å². The highest BCUT2D eigenvalue weighted by atomic mass is 79.9. The first-order valence-electron chi connectivity index (χ1n) is 9.50. The normalized spacial score (nSPS) is 10.9. The number of nitrogens with zero attached hydrogens (tertiary/aromatic N) is 1. The molecule has 0 saturated carbocycles. The third-order valence-corrected chi connectivity index (χ3v) is 5.31. The molecule has 0 spiro atoms. The molecule has 5 nitrogen and oxygen atoms in total. The Kier molecular flexibility index (Phi) is 6.19. The molecular weight excluding hydrogens is 456 g/mol. The van der Waals surface area contributed by atoms with Gasteiger partial charge in [-0.15, -0.1) is 0 Å². The first kappa shape index (κ1) is 20.5. The van der Waals surface area contributed by atoms with Gasteiger partial charge in [0.25, 0.3) is 5.91 Å². The first-order valence-corrected chi connectivity index (χ1v) is 10.3. The molecule has 1 N–H and O–H groups in total. The molecular formula is C25H17BrN2O3. The molecule has 0 radical (unpaired) electrons. The zero-order valence-electron chi connectivity index (χ0n) is 16.3. The first-order chi connectivity index (χ1) is 15.1. The Balaban J connectivity index is 1.64. The Bertz CT molecular complexity index is 1290. The maximum absolute atomic E-state index is 12.6. The second-order valence-corrected chi connectivity index (χ2v) is 7.49. The van der Waals surface area contributed by atoms with Gasteiger partial charge in [-0.1, -0.05) is 60.7 Å². The smallest absolute Gasteiger partial charge is 0.343 e. The topological polar surface area (TPSA) is 67.8 Å². The lowest BCUT2D eigenvalue weighted by molar-refractivity contribution is 0.0734. The number of fused-ring (bicyclic) bond motifs is 1. The number of hydrogen-bond acceptors (Lipinski definition) is 4. The molecule has 0 unspecified atom stereocenters. The second-order valence-electron chi connectivity index (χ2n) is 6.63. The maximum atomic E-state index is 12.6. The number of hydrazone groups is 1. The highest BCUT2D eigenvalue weighted by Crippen LogP contribution is 2.27. The molecule has 152 valence electrons. The predicted octanol–water partition coefficient (Wildman–Crippen LogP) is 5.59. The number of carbonyl (C=O) groups is 2. The van der Waals surface area contributed by atoms with Gasteiger partial charge in [-0.2, -0.15) is 5.10 Å². The number of rotatable bonds is 5. The zero-order chi connectivity index (χ0) is 21.6. The summed E-state index contributed by atoms with van der Waals surface area (Å²) in [5.74, 6) is -0.471. The minimum Gasteiger partial charge on any atom is -0.422 e. The molecule has 0 fully saturated rings. The third-order valence-electron chi connectivity index (χ3n) is 4.62. The maximum Gasteiger partial charge on any atom is 0.343 e. The summed E-state index contributed by atoms with van der Waals surface area (Å²) in [6, 6.07) is 27.1. The molecule has 0 saturated heterocycles. The van der Waals surface area contributed by atoms with E-state index in [1.54, 1.807) is 48.5 Å². The van der Waals surface area contributed by atoms with Crippen LogP contribution in [0.2, 0.25) is 0 Å². The predicted molar refractivity (Wildman–Crippen MR) is 125 cm³/mol. The van der Waals surface area contributed by atoms with E-state index in [1.807, 2.05) is 42.5 Å².